The molecule has 0 bridgehead atoms. The molecule has 0 unspecified atom stereocenters. The zero-order chi connectivity index (χ0) is 10.6. The van der Waals surface area contributed by atoms with Gasteiger partial charge in [0.2, 0.25) is 15.0 Å². The normalized spacial score (nSPS) is 11.9. The first-order valence-electron chi connectivity index (χ1n) is 4.35. The number of hydrogen-bond donors (Lipinski definition) is 0. The molecule has 0 aliphatic rings. The summed E-state index contributed by atoms with van der Waals surface area (Å²) in [7, 11) is -1.64. The zero-order valence-electron chi connectivity index (χ0n) is 8.30. The number of sulfone groups is 1. The molecule has 0 aromatic carbocycles. The molecule has 0 N–H and O–H groups in total. The van der Waals surface area contributed by atoms with Gasteiger partial charge in [0.25, 0.3) is 0 Å². The first kappa shape index (κ1) is 11.2. The third-order valence-electron chi connectivity index (χ3n) is 1.76. The largest absolute Gasteiger partial charge is 0.381 e. The minimum Gasteiger partial charge on any atom is -0.381 e. The summed E-state index contributed by atoms with van der Waals surface area (Å²) in [4.78, 5) is 3.79. The third-order valence-corrected chi connectivity index (χ3v) is 3.41. The predicted octanol–water partition coefficient (Wildman–Crippen LogP) is 0.230. The van der Waals surface area contributed by atoms with Gasteiger partial charge in [-0.1, -0.05) is 0 Å². The first-order chi connectivity index (χ1) is 6.58. The maximum atomic E-state index is 11.6. The highest BCUT2D eigenvalue weighted by Crippen LogP contribution is 2.06. The third kappa shape index (κ3) is 2.55. The molecule has 1 heterocycles. The number of imidazole rings is 1. The summed E-state index contributed by atoms with van der Waals surface area (Å²) in [6.45, 7) is 2.56. The molecule has 80 valence electrons. The highest BCUT2D eigenvalue weighted by molar-refractivity contribution is 7.91. The van der Waals surface area contributed by atoms with Gasteiger partial charge in [-0.3, -0.25) is 0 Å². The molecule has 1 aromatic heterocycles. The monoisotopic (exact) mass is 218 g/mol. The smallest absolute Gasteiger partial charge is 0.227 e. The molecule has 0 atom stereocenters. The van der Waals surface area contributed by atoms with Crippen LogP contribution in [0.15, 0.2) is 17.6 Å². The lowest BCUT2D eigenvalue weighted by atomic mass is 10.8. The average Bonchev–Trinajstić information content (AvgIpc) is 2.52. The van der Waals surface area contributed by atoms with Gasteiger partial charge in [0.05, 0.1) is 12.4 Å². The molecule has 14 heavy (non-hydrogen) atoms. The Bertz CT molecular complexity index is 383. The van der Waals surface area contributed by atoms with E-state index in [1.54, 1.807) is 13.2 Å². The quantitative estimate of drug-likeness (QED) is 0.664. The van der Waals surface area contributed by atoms with Crippen molar-refractivity contribution in [3.05, 3.63) is 12.4 Å². The Kier molecular flexibility index (Phi) is 3.65. The van der Waals surface area contributed by atoms with E-state index < -0.39 is 9.84 Å². The van der Waals surface area contributed by atoms with Crippen molar-refractivity contribution in [1.82, 2.24) is 9.55 Å². The highest BCUT2D eigenvalue weighted by Gasteiger charge is 2.18. The van der Waals surface area contributed by atoms with Crippen LogP contribution in [0, 0.1) is 0 Å². The zero-order valence-corrected chi connectivity index (χ0v) is 9.12. The van der Waals surface area contributed by atoms with Crippen LogP contribution in [0.5, 0.6) is 0 Å². The maximum absolute atomic E-state index is 11.6. The summed E-state index contributed by atoms with van der Waals surface area (Å²) >= 11 is 0. The fourth-order valence-corrected chi connectivity index (χ4v) is 2.30. The lowest BCUT2D eigenvalue weighted by molar-refractivity contribution is 0.163. The lowest BCUT2D eigenvalue weighted by Crippen LogP contribution is -2.16. The molecule has 1 aromatic rings. The Hall–Kier alpha value is -0.880. The van der Waals surface area contributed by atoms with Crippen molar-refractivity contribution in [2.24, 2.45) is 7.05 Å². The second-order valence-electron chi connectivity index (χ2n) is 2.84. The molecule has 0 amide bonds. The minimum atomic E-state index is -3.29. The Balaban J connectivity index is 2.72. The molecular formula is C8H14N2O3S. The van der Waals surface area contributed by atoms with E-state index in [1.165, 1.54) is 10.8 Å². The van der Waals surface area contributed by atoms with Gasteiger partial charge < -0.3 is 9.30 Å². The number of nitrogens with zero attached hydrogens (tertiary/aromatic N) is 2. The summed E-state index contributed by atoms with van der Waals surface area (Å²) in [5.41, 5.74) is 0. The number of ether oxygens (including phenoxy) is 1. The van der Waals surface area contributed by atoms with E-state index in [0.29, 0.717) is 6.61 Å². The Morgan fingerprint density at radius 1 is 1.57 bits per heavy atom. The fourth-order valence-electron chi connectivity index (χ4n) is 1.06. The Morgan fingerprint density at radius 2 is 2.29 bits per heavy atom. The van der Waals surface area contributed by atoms with E-state index in [0.717, 1.165) is 0 Å². The molecule has 1 rings (SSSR count). The number of aryl methyl sites for hydroxylation is 1. The van der Waals surface area contributed by atoms with Crippen LogP contribution in [-0.2, 0) is 21.6 Å². The van der Waals surface area contributed by atoms with Gasteiger partial charge in [0, 0.05) is 26.0 Å². The van der Waals surface area contributed by atoms with Gasteiger partial charge in [-0.05, 0) is 6.92 Å². The van der Waals surface area contributed by atoms with E-state index in [2.05, 4.69) is 4.98 Å². The van der Waals surface area contributed by atoms with E-state index in [4.69, 9.17) is 4.74 Å². The van der Waals surface area contributed by atoms with Crippen molar-refractivity contribution in [2.45, 2.75) is 12.1 Å². The molecule has 0 fully saturated rings. The van der Waals surface area contributed by atoms with E-state index in [-0.39, 0.29) is 17.5 Å². The van der Waals surface area contributed by atoms with Crippen molar-refractivity contribution in [3.63, 3.8) is 0 Å². The number of rotatable bonds is 5. The fraction of sp³-hybridized carbons (Fsp3) is 0.625. The predicted molar refractivity (Wildman–Crippen MR) is 51.8 cm³/mol. The van der Waals surface area contributed by atoms with Crippen molar-refractivity contribution < 1.29 is 13.2 Å². The summed E-state index contributed by atoms with van der Waals surface area (Å²) in [6, 6.07) is 0. The maximum Gasteiger partial charge on any atom is 0.227 e. The van der Waals surface area contributed by atoms with Gasteiger partial charge in [-0.2, -0.15) is 0 Å². The standard InChI is InChI=1S/C8H14N2O3S/c1-3-13-6-7-14(11,12)8-9-4-5-10(8)2/h4-5H,3,6-7H2,1-2H3. The van der Waals surface area contributed by atoms with Crippen molar-refractivity contribution in [3.8, 4) is 0 Å². The molecular weight excluding hydrogens is 204 g/mol. The summed E-state index contributed by atoms with van der Waals surface area (Å²) in [5.74, 6) is -0.0221. The van der Waals surface area contributed by atoms with Gasteiger partial charge in [-0.15, -0.1) is 0 Å². The van der Waals surface area contributed by atoms with Crippen molar-refractivity contribution >= 4 is 9.84 Å². The Morgan fingerprint density at radius 3 is 2.79 bits per heavy atom. The molecule has 0 saturated heterocycles. The van der Waals surface area contributed by atoms with Crippen LogP contribution in [0.1, 0.15) is 6.92 Å². The van der Waals surface area contributed by atoms with E-state index in [1.807, 2.05) is 6.92 Å². The average molecular weight is 218 g/mol. The molecule has 5 nitrogen and oxygen atoms in total. The topological polar surface area (TPSA) is 61.2 Å². The molecule has 0 aliphatic heterocycles. The van der Waals surface area contributed by atoms with Gasteiger partial charge in [0.15, 0.2) is 0 Å². The van der Waals surface area contributed by atoms with Crippen molar-refractivity contribution in [2.75, 3.05) is 19.0 Å². The summed E-state index contributed by atoms with van der Waals surface area (Å²) in [5, 5.41) is 0.0946. The SMILES string of the molecule is CCOCCS(=O)(=O)c1nccn1C. The lowest BCUT2D eigenvalue weighted by Gasteiger charge is -2.03. The van der Waals surface area contributed by atoms with Crippen LogP contribution in [0.25, 0.3) is 0 Å². The van der Waals surface area contributed by atoms with Crippen LogP contribution in [0.3, 0.4) is 0 Å². The molecule has 0 saturated carbocycles. The molecule has 0 spiro atoms. The number of hydrogen-bond acceptors (Lipinski definition) is 4. The minimum absolute atomic E-state index is 0.0221. The second kappa shape index (κ2) is 4.56. The van der Waals surface area contributed by atoms with Crippen LogP contribution in [-0.4, -0.2) is 36.9 Å². The molecule has 0 radical (unpaired) electrons. The first-order valence-corrected chi connectivity index (χ1v) is 6.01. The Labute approximate surface area is 83.6 Å². The second-order valence-corrected chi connectivity index (χ2v) is 4.84. The molecule has 6 heteroatoms. The van der Waals surface area contributed by atoms with Crippen LogP contribution < -0.4 is 0 Å². The van der Waals surface area contributed by atoms with Gasteiger partial charge in [0.1, 0.15) is 0 Å². The van der Waals surface area contributed by atoms with Crippen LogP contribution >= 0.6 is 0 Å². The van der Waals surface area contributed by atoms with Crippen LogP contribution in [0.2, 0.25) is 0 Å². The van der Waals surface area contributed by atoms with Crippen LogP contribution in [0.4, 0.5) is 0 Å². The summed E-state index contributed by atoms with van der Waals surface area (Å²) in [6.07, 6.45) is 3.07. The summed E-state index contributed by atoms with van der Waals surface area (Å²) < 4.78 is 29.7. The highest BCUT2D eigenvalue weighted by atomic mass is 32.2. The van der Waals surface area contributed by atoms with E-state index >= 15 is 0 Å². The van der Waals surface area contributed by atoms with Gasteiger partial charge >= 0.3 is 0 Å². The van der Waals surface area contributed by atoms with E-state index in [9.17, 15) is 8.42 Å². The molecule has 0 aliphatic carbocycles. The number of aromatic nitrogens is 2. The van der Waals surface area contributed by atoms with Gasteiger partial charge in [-0.25, -0.2) is 13.4 Å². The van der Waals surface area contributed by atoms with Crippen molar-refractivity contribution in [1.29, 1.82) is 0 Å².